The van der Waals surface area contributed by atoms with Crippen LogP contribution in [0.3, 0.4) is 0 Å². The molecule has 5 N–H and O–H groups in total. The van der Waals surface area contributed by atoms with Crippen LogP contribution in [0.15, 0.2) is 47.8 Å². The second kappa shape index (κ2) is 9.88. The second-order valence-corrected chi connectivity index (χ2v) is 7.83. The number of nitrogens with one attached hydrogen (secondary N) is 5. The average molecular weight is 450 g/mol. The van der Waals surface area contributed by atoms with Crippen LogP contribution in [0.1, 0.15) is 27.2 Å². The molecular weight excluding hydrogens is 426 g/mol. The number of nitrogens with zero attached hydrogens (tertiary/aromatic N) is 4. The van der Waals surface area contributed by atoms with Crippen LogP contribution < -0.4 is 16.1 Å². The summed E-state index contributed by atoms with van der Waals surface area (Å²) in [4.78, 5) is 16.9. The number of thiazole rings is 1. The molecular formula is C21H23N9OS. The minimum atomic E-state index is -0.428. The van der Waals surface area contributed by atoms with Crippen molar-refractivity contribution < 1.29 is 4.79 Å². The molecule has 32 heavy (non-hydrogen) atoms. The van der Waals surface area contributed by atoms with Gasteiger partial charge < -0.3 is 16.1 Å². The van der Waals surface area contributed by atoms with E-state index in [4.69, 9.17) is 4.98 Å². The first-order chi connectivity index (χ1) is 15.7. The predicted octanol–water partition coefficient (Wildman–Crippen LogP) is 2.45. The van der Waals surface area contributed by atoms with E-state index in [1.807, 2.05) is 31.4 Å². The Labute approximate surface area is 188 Å². The molecule has 3 aromatic heterocycles. The van der Waals surface area contributed by atoms with Crippen LogP contribution in [0.2, 0.25) is 0 Å². The topological polar surface area (TPSA) is 136 Å². The van der Waals surface area contributed by atoms with E-state index >= 15 is 0 Å². The molecule has 10 nitrogen and oxygen atoms in total. The van der Waals surface area contributed by atoms with E-state index in [0.717, 1.165) is 37.6 Å². The van der Waals surface area contributed by atoms with Gasteiger partial charge in [-0.25, -0.2) is 4.98 Å². The summed E-state index contributed by atoms with van der Waals surface area (Å²) in [6.45, 7) is 0. The number of aromatic amines is 2. The highest BCUT2D eigenvalue weighted by molar-refractivity contribution is 7.13. The fourth-order valence-electron chi connectivity index (χ4n) is 3.38. The van der Waals surface area contributed by atoms with Gasteiger partial charge in [-0.2, -0.15) is 15.3 Å². The van der Waals surface area contributed by atoms with E-state index in [2.05, 4.69) is 53.7 Å². The van der Waals surface area contributed by atoms with Gasteiger partial charge in [0.1, 0.15) is 16.9 Å². The Morgan fingerprint density at radius 2 is 2.16 bits per heavy atom. The summed E-state index contributed by atoms with van der Waals surface area (Å²) in [7, 11) is 3.57. The number of rotatable bonds is 10. The van der Waals surface area contributed by atoms with Crippen molar-refractivity contribution in [2.75, 3.05) is 19.4 Å². The summed E-state index contributed by atoms with van der Waals surface area (Å²) < 4.78 is 0. The number of anilines is 1. The van der Waals surface area contributed by atoms with Crippen LogP contribution in [-0.4, -0.2) is 52.1 Å². The van der Waals surface area contributed by atoms with E-state index in [9.17, 15) is 4.79 Å². The van der Waals surface area contributed by atoms with Crippen LogP contribution in [0.5, 0.6) is 0 Å². The molecule has 0 aliphatic heterocycles. The number of amides is 1. The summed E-state index contributed by atoms with van der Waals surface area (Å²) >= 11 is 1.48. The lowest BCUT2D eigenvalue weighted by molar-refractivity contribution is -0.110. The van der Waals surface area contributed by atoms with Gasteiger partial charge in [-0.3, -0.25) is 15.0 Å². The van der Waals surface area contributed by atoms with E-state index in [0.29, 0.717) is 18.6 Å². The van der Waals surface area contributed by atoms with Gasteiger partial charge in [-0.1, -0.05) is 18.2 Å². The van der Waals surface area contributed by atoms with Crippen LogP contribution in [0, 0.1) is 0 Å². The Bertz CT molecular complexity index is 1240. The maximum atomic E-state index is 11.2. The summed E-state index contributed by atoms with van der Waals surface area (Å²) in [6, 6.07) is 7.48. The highest BCUT2D eigenvalue weighted by Crippen LogP contribution is 2.34. The fourth-order valence-corrected chi connectivity index (χ4v) is 4.54. The minimum absolute atomic E-state index is 0.428. The smallest absolute Gasteiger partial charge is 0.207 e. The SMILES string of the molecule is CN/N=C\C(=C/Cc1cccc2[nH]ncc12)c1sc(C(NC=O)c2ccn[nH]2)nc1NC. The van der Waals surface area contributed by atoms with Crippen molar-refractivity contribution in [2.24, 2.45) is 5.10 Å². The quantitative estimate of drug-likeness (QED) is 0.143. The molecule has 11 heteroatoms. The van der Waals surface area contributed by atoms with Gasteiger partial charge in [0.15, 0.2) is 0 Å². The Balaban J connectivity index is 1.73. The van der Waals surface area contributed by atoms with Crippen molar-refractivity contribution in [1.29, 1.82) is 0 Å². The van der Waals surface area contributed by atoms with Crippen molar-refractivity contribution in [1.82, 2.24) is 36.1 Å². The van der Waals surface area contributed by atoms with Gasteiger partial charge in [-0.05, 0) is 24.1 Å². The van der Waals surface area contributed by atoms with Crippen molar-refractivity contribution in [3.63, 3.8) is 0 Å². The van der Waals surface area contributed by atoms with Gasteiger partial charge in [0.2, 0.25) is 6.41 Å². The maximum Gasteiger partial charge on any atom is 0.207 e. The molecule has 1 atom stereocenters. The molecule has 0 saturated carbocycles. The number of hydrogen-bond acceptors (Lipinski definition) is 8. The molecule has 1 unspecified atom stereocenters. The Morgan fingerprint density at radius 3 is 2.91 bits per heavy atom. The summed E-state index contributed by atoms with van der Waals surface area (Å²) in [5.41, 5.74) is 6.62. The molecule has 0 spiro atoms. The highest BCUT2D eigenvalue weighted by atomic mass is 32.1. The van der Waals surface area contributed by atoms with Crippen molar-refractivity contribution in [3.05, 3.63) is 63.9 Å². The molecule has 0 aliphatic rings. The molecule has 1 aromatic carbocycles. The van der Waals surface area contributed by atoms with Crippen molar-refractivity contribution in [2.45, 2.75) is 12.5 Å². The zero-order valence-electron chi connectivity index (χ0n) is 17.6. The third-order valence-electron chi connectivity index (χ3n) is 4.91. The lowest BCUT2D eigenvalue weighted by Crippen LogP contribution is -2.21. The predicted molar refractivity (Wildman–Crippen MR) is 127 cm³/mol. The average Bonchev–Trinajstić information content (AvgIpc) is 3.58. The molecule has 0 radical (unpaired) electrons. The molecule has 0 bridgehead atoms. The number of benzene rings is 1. The van der Waals surface area contributed by atoms with Crippen molar-refractivity contribution in [3.8, 4) is 0 Å². The summed E-state index contributed by atoms with van der Waals surface area (Å²) in [6.07, 6.45) is 8.71. The molecule has 164 valence electrons. The molecule has 3 heterocycles. The van der Waals surface area contributed by atoms with Crippen LogP contribution in [0.25, 0.3) is 16.5 Å². The number of hydrogen-bond donors (Lipinski definition) is 5. The van der Waals surface area contributed by atoms with Crippen molar-refractivity contribution >= 4 is 46.3 Å². The van der Waals surface area contributed by atoms with Gasteiger partial charge in [0.05, 0.1) is 28.5 Å². The third-order valence-corrected chi connectivity index (χ3v) is 6.08. The van der Waals surface area contributed by atoms with Crippen LogP contribution >= 0.6 is 11.3 Å². The van der Waals surface area contributed by atoms with Gasteiger partial charge in [0, 0.05) is 31.3 Å². The molecule has 4 aromatic rings. The summed E-state index contributed by atoms with van der Waals surface area (Å²) in [5, 5.41) is 26.1. The second-order valence-electron chi connectivity index (χ2n) is 6.80. The first kappa shape index (κ1) is 21.2. The van der Waals surface area contributed by atoms with Crippen LogP contribution in [-0.2, 0) is 11.2 Å². The Kier molecular flexibility index (Phi) is 6.56. The number of carbonyl (C=O) groups is 1. The molecule has 0 saturated heterocycles. The molecule has 0 fully saturated rings. The Morgan fingerprint density at radius 1 is 1.25 bits per heavy atom. The monoisotopic (exact) mass is 449 g/mol. The normalized spacial score (nSPS) is 12.9. The first-order valence-electron chi connectivity index (χ1n) is 9.94. The highest BCUT2D eigenvalue weighted by Gasteiger charge is 2.22. The standard InChI is InChI=1S/C21H23N9OS/c1-22-20-19(32-21(28-20)18(24-12-31)17-8-9-25-30-17)14(10-26-23-2)7-6-13-4-3-5-16-15(13)11-27-29-16/h3-5,7-12,18,22-23H,6H2,1-2H3,(H,24,31)(H,25,30)(H,27,29)/b14-7+,26-10-. The molecule has 0 aliphatic carbocycles. The third kappa shape index (κ3) is 4.37. The first-order valence-corrected chi connectivity index (χ1v) is 10.8. The summed E-state index contributed by atoms with van der Waals surface area (Å²) in [5.74, 6) is 0.706. The number of H-pyrrole nitrogens is 2. The number of allylic oxidation sites excluding steroid dienone is 2. The molecule has 1 amide bonds. The number of aromatic nitrogens is 5. The van der Waals surface area contributed by atoms with Crippen LogP contribution in [0.4, 0.5) is 5.82 Å². The largest absolute Gasteiger partial charge is 0.372 e. The number of carbonyl (C=O) groups excluding carboxylic acids is 1. The zero-order valence-corrected chi connectivity index (χ0v) is 18.4. The van der Waals surface area contributed by atoms with E-state index in [-0.39, 0.29) is 0 Å². The minimum Gasteiger partial charge on any atom is -0.372 e. The lowest BCUT2D eigenvalue weighted by atomic mass is 10.1. The Hall–Kier alpha value is -3.99. The van der Waals surface area contributed by atoms with E-state index in [1.165, 1.54) is 11.3 Å². The fraction of sp³-hybridized carbons (Fsp3) is 0.190. The number of hydrazone groups is 1. The zero-order chi connectivity index (χ0) is 22.3. The molecule has 4 rings (SSSR count). The maximum absolute atomic E-state index is 11.2. The lowest BCUT2D eigenvalue weighted by Gasteiger charge is -2.10. The van der Waals surface area contributed by atoms with Gasteiger partial charge >= 0.3 is 0 Å². The van der Waals surface area contributed by atoms with Gasteiger partial charge in [0.25, 0.3) is 0 Å². The van der Waals surface area contributed by atoms with Gasteiger partial charge in [-0.15, -0.1) is 11.3 Å². The van der Waals surface area contributed by atoms with E-state index < -0.39 is 6.04 Å². The number of fused-ring (bicyclic) bond motifs is 1. The van der Waals surface area contributed by atoms with E-state index in [1.54, 1.807) is 19.5 Å².